The first-order chi connectivity index (χ1) is 12.5. The summed E-state index contributed by atoms with van der Waals surface area (Å²) in [6.45, 7) is 8.73. The van der Waals surface area contributed by atoms with Gasteiger partial charge in [0, 0.05) is 5.56 Å². The Bertz CT molecular complexity index is 947. The first kappa shape index (κ1) is 17.9. The number of aromatic nitrogens is 2. The molecule has 26 heavy (non-hydrogen) atoms. The standard InChI is InChI=1S/C21H23N3O2/c1-13-6-5-7-14(2)20(13)26-11-10-22-21(25)17-8-9-18-19(12-17)24-16(4)15(3)23-18/h5-9,12H,10-11H2,1-4H3,(H,22,25). The molecular weight excluding hydrogens is 326 g/mol. The molecule has 1 N–H and O–H groups in total. The fraction of sp³-hybridized carbons (Fsp3) is 0.286. The zero-order chi connectivity index (χ0) is 18.7. The van der Waals surface area contributed by atoms with Gasteiger partial charge in [-0.05, 0) is 57.0 Å². The number of hydrogen-bond acceptors (Lipinski definition) is 4. The Kier molecular flexibility index (Phi) is 5.16. The number of ether oxygens (including phenoxy) is 1. The number of rotatable bonds is 5. The van der Waals surface area contributed by atoms with Crippen LogP contribution < -0.4 is 10.1 Å². The van der Waals surface area contributed by atoms with E-state index in [4.69, 9.17) is 4.74 Å². The highest BCUT2D eigenvalue weighted by molar-refractivity contribution is 5.97. The van der Waals surface area contributed by atoms with E-state index in [1.54, 1.807) is 12.1 Å². The molecule has 0 saturated heterocycles. The number of aryl methyl sites for hydroxylation is 4. The summed E-state index contributed by atoms with van der Waals surface area (Å²) in [7, 11) is 0. The Morgan fingerprint density at radius 2 is 1.62 bits per heavy atom. The zero-order valence-electron chi connectivity index (χ0n) is 15.6. The predicted molar refractivity (Wildman–Crippen MR) is 103 cm³/mol. The summed E-state index contributed by atoms with van der Waals surface area (Å²) in [5, 5.41) is 2.89. The van der Waals surface area contributed by atoms with E-state index in [2.05, 4.69) is 15.3 Å². The van der Waals surface area contributed by atoms with Crippen LogP contribution in [0.1, 0.15) is 32.9 Å². The van der Waals surface area contributed by atoms with E-state index in [0.29, 0.717) is 18.7 Å². The van der Waals surface area contributed by atoms with Crippen LogP contribution in [0.5, 0.6) is 5.75 Å². The van der Waals surface area contributed by atoms with Gasteiger partial charge in [-0.25, -0.2) is 9.97 Å². The Labute approximate surface area is 153 Å². The van der Waals surface area contributed by atoms with Gasteiger partial charge in [-0.1, -0.05) is 18.2 Å². The summed E-state index contributed by atoms with van der Waals surface area (Å²) in [6, 6.07) is 11.4. The van der Waals surface area contributed by atoms with Gasteiger partial charge in [-0.2, -0.15) is 0 Å². The summed E-state index contributed by atoms with van der Waals surface area (Å²) < 4.78 is 5.82. The lowest BCUT2D eigenvalue weighted by Crippen LogP contribution is -2.28. The summed E-state index contributed by atoms with van der Waals surface area (Å²) in [4.78, 5) is 21.4. The maximum Gasteiger partial charge on any atom is 0.251 e. The molecule has 1 amide bonds. The van der Waals surface area contributed by atoms with Gasteiger partial charge in [0.2, 0.25) is 0 Å². The minimum Gasteiger partial charge on any atom is -0.491 e. The predicted octanol–water partition coefficient (Wildman–Crippen LogP) is 3.67. The Hall–Kier alpha value is -2.95. The lowest BCUT2D eigenvalue weighted by molar-refractivity contribution is 0.0947. The van der Waals surface area contributed by atoms with Crippen LogP contribution in [0.15, 0.2) is 36.4 Å². The van der Waals surface area contributed by atoms with Gasteiger partial charge in [0.05, 0.1) is 29.0 Å². The van der Waals surface area contributed by atoms with Crippen molar-refractivity contribution >= 4 is 16.9 Å². The lowest BCUT2D eigenvalue weighted by Gasteiger charge is -2.12. The largest absolute Gasteiger partial charge is 0.491 e. The van der Waals surface area contributed by atoms with Gasteiger partial charge in [0.15, 0.2) is 0 Å². The Morgan fingerprint density at radius 1 is 0.962 bits per heavy atom. The third-order valence-electron chi connectivity index (χ3n) is 4.38. The minimum absolute atomic E-state index is 0.142. The molecule has 5 nitrogen and oxygen atoms in total. The minimum atomic E-state index is -0.142. The van der Waals surface area contributed by atoms with Crippen LogP contribution in [0, 0.1) is 27.7 Å². The highest BCUT2D eigenvalue weighted by Gasteiger charge is 2.09. The Balaban J connectivity index is 1.61. The van der Waals surface area contributed by atoms with E-state index in [-0.39, 0.29) is 5.91 Å². The number of carbonyl (C=O) groups excluding carboxylic acids is 1. The number of para-hydroxylation sites is 1. The van der Waals surface area contributed by atoms with E-state index >= 15 is 0 Å². The molecule has 3 rings (SSSR count). The van der Waals surface area contributed by atoms with Crippen molar-refractivity contribution in [3.05, 3.63) is 64.5 Å². The van der Waals surface area contributed by atoms with Crippen molar-refractivity contribution in [2.45, 2.75) is 27.7 Å². The maximum absolute atomic E-state index is 12.4. The topological polar surface area (TPSA) is 64.1 Å². The van der Waals surface area contributed by atoms with Crippen LogP contribution in [0.25, 0.3) is 11.0 Å². The van der Waals surface area contributed by atoms with Gasteiger partial charge in [-0.3, -0.25) is 4.79 Å². The number of nitrogens with one attached hydrogen (secondary N) is 1. The summed E-state index contributed by atoms with van der Waals surface area (Å²) >= 11 is 0. The van der Waals surface area contributed by atoms with Crippen molar-refractivity contribution in [3.8, 4) is 5.75 Å². The first-order valence-electron chi connectivity index (χ1n) is 8.68. The summed E-state index contributed by atoms with van der Waals surface area (Å²) in [5.74, 6) is 0.741. The van der Waals surface area contributed by atoms with Crippen LogP contribution in [0.2, 0.25) is 0 Å². The lowest BCUT2D eigenvalue weighted by atomic mass is 10.1. The van der Waals surface area contributed by atoms with Gasteiger partial charge in [0.25, 0.3) is 5.91 Å². The fourth-order valence-electron chi connectivity index (χ4n) is 2.82. The second kappa shape index (κ2) is 7.52. The third-order valence-corrected chi connectivity index (χ3v) is 4.38. The average Bonchev–Trinajstić information content (AvgIpc) is 2.61. The second-order valence-electron chi connectivity index (χ2n) is 6.42. The van der Waals surface area contributed by atoms with Gasteiger partial charge < -0.3 is 10.1 Å². The van der Waals surface area contributed by atoms with Crippen molar-refractivity contribution in [2.24, 2.45) is 0 Å². The highest BCUT2D eigenvalue weighted by Crippen LogP contribution is 2.22. The Morgan fingerprint density at radius 3 is 2.31 bits per heavy atom. The molecule has 1 aromatic heterocycles. The van der Waals surface area contributed by atoms with E-state index in [0.717, 1.165) is 39.3 Å². The maximum atomic E-state index is 12.4. The number of hydrogen-bond donors (Lipinski definition) is 1. The summed E-state index contributed by atoms with van der Waals surface area (Å²) in [6.07, 6.45) is 0. The van der Waals surface area contributed by atoms with Crippen LogP contribution >= 0.6 is 0 Å². The molecule has 0 saturated carbocycles. The van der Waals surface area contributed by atoms with E-state index in [1.807, 2.05) is 52.0 Å². The molecule has 0 unspecified atom stereocenters. The monoisotopic (exact) mass is 349 g/mol. The molecule has 0 fully saturated rings. The van der Waals surface area contributed by atoms with Crippen LogP contribution in [0.4, 0.5) is 0 Å². The van der Waals surface area contributed by atoms with Crippen molar-refractivity contribution in [1.29, 1.82) is 0 Å². The second-order valence-corrected chi connectivity index (χ2v) is 6.42. The molecule has 1 heterocycles. The van der Waals surface area contributed by atoms with Gasteiger partial charge in [-0.15, -0.1) is 0 Å². The number of carbonyl (C=O) groups is 1. The fourth-order valence-corrected chi connectivity index (χ4v) is 2.82. The zero-order valence-corrected chi connectivity index (χ0v) is 15.6. The SMILES string of the molecule is Cc1cccc(C)c1OCCNC(=O)c1ccc2nc(C)c(C)nc2c1. The van der Waals surface area contributed by atoms with Crippen LogP contribution in [-0.4, -0.2) is 29.0 Å². The number of nitrogens with zero attached hydrogens (tertiary/aromatic N) is 2. The van der Waals surface area contributed by atoms with Gasteiger partial charge >= 0.3 is 0 Å². The molecule has 0 atom stereocenters. The van der Waals surface area contributed by atoms with Crippen molar-refractivity contribution in [2.75, 3.05) is 13.2 Å². The molecule has 0 aliphatic rings. The van der Waals surface area contributed by atoms with E-state index in [1.165, 1.54) is 0 Å². The van der Waals surface area contributed by atoms with Crippen molar-refractivity contribution in [1.82, 2.24) is 15.3 Å². The molecule has 0 spiro atoms. The van der Waals surface area contributed by atoms with Crippen molar-refractivity contribution in [3.63, 3.8) is 0 Å². The smallest absolute Gasteiger partial charge is 0.251 e. The molecule has 0 bridgehead atoms. The molecule has 3 aromatic rings. The molecule has 0 radical (unpaired) electrons. The van der Waals surface area contributed by atoms with E-state index in [9.17, 15) is 4.79 Å². The molecule has 0 aliphatic carbocycles. The average molecular weight is 349 g/mol. The molecule has 0 aliphatic heterocycles. The van der Waals surface area contributed by atoms with Gasteiger partial charge in [0.1, 0.15) is 12.4 Å². The first-order valence-corrected chi connectivity index (χ1v) is 8.68. The van der Waals surface area contributed by atoms with E-state index < -0.39 is 0 Å². The van der Waals surface area contributed by atoms with Crippen LogP contribution in [0.3, 0.4) is 0 Å². The molecule has 134 valence electrons. The summed E-state index contributed by atoms with van der Waals surface area (Å²) in [5.41, 5.74) is 6.05. The molecule has 2 aromatic carbocycles. The highest BCUT2D eigenvalue weighted by atomic mass is 16.5. The van der Waals surface area contributed by atoms with Crippen molar-refractivity contribution < 1.29 is 9.53 Å². The third kappa shape index (κ3) is 3.82. The van der Waals surface area contributed by atoms with Crippen LogP contribution in [-0.2, 0) is 0 Å². The normalized spacial score (nSPS) is 10.8. The quantitative estimate of drug-likeness (QED) is 0.714. The number of amides is 1. The number of fused-ring (bicyclic) bond motifs is 1. The number of benzene rings is 2. The molecular formula is C21H23N3O2. The molecule has 5 heteroatoms.